The van der Waals surface area contributed by atoms with Crippen LogP contribution in [0.25, 0.3) is 11.0 Å². The van der Waals surface area contributed by atoms with Crippen LogP contribution >= 0.6 is 0 Å². The Morgan fingerprint density at radius 3 is 2.57 bits per heavy atom. The SMILES string of the molecule is CCNC(c1coc2ccccc12)C1CC(C)CC(C)C1. The molecule has 3 unspecified atom stereocenters. The first-order valence-corrected chi connectivity index (χ1v) is 8.38. The van der Waals surface area contributed by atoms with Gasteiger partial charge in [-0.05, 0) is 49.6 Å². The van der Waals surface area contributed by atoms with Gasteiger partial charge < -0.3 is 9.73 Å². The first kappa shape index (κ1) is 14.6. The summed E-state index contributed by atoms with van der Waals surface area (Å²) in [6.07, 6.45) is 5.99. The zero-order valence-corrected chi connectivity index (χ0v) is 13.4. The Labute approximate surface area is 127 Å². The topological polar surface area (TPSA) is 25.2 Å². The second-order valence-corrected chi connectivity index (χ2v) is 6.90. The molecule has 2 heteroatoms. The van der Waals surface area contributed by atoms with Gasteiger partial charge in [0.15, 0.2) is 0 Å². The van der Waals surface area contributed by atoms with Crippen molar-refractivity contribution < 1.29 is 4.42 Å². The average Bonchev–Trinajstić information content (AvgIpc) is 2.87. The maximum absolute atomic E-state index is 5.78. The van der Waals surface area contributed by atoms with E-state index in [1.54, 1.807) is 0 Å². The van der Waals surface area contributed by atoms with Crippen LogP contribution < -0.4 is 5.32 Å². The number of benzene rings is 1. The first-order valence-electron chi connectivity index (χ1n) is 8.38. The summed E-state index contributed by atoms with van der Waals surface area (Å²) in [6, 6.07) is 8.82. The van der Waals surface area contributed by atoms with Gasteiger partial charge >= 0.3 is 0 Å². The molecule has 0 radical (unpaired) electrons. The van der Waals surface area contributed by atoms with Crippen LogP contribution in [0.5, 0.6) is 0 Å². The molecule has 21 heavy (non-hydrogen) atoms. The molecular weight excluding hydrogens is 258 g/mol. The Morgan fingerprint density at radius 2 is 1.86 bits per heavy atom. The Bertz CT molecular complexity index is 578. The summed E-state index contributed by atoms with van der Waals surface area (Å²) >= 11 is 0. The second kappa shape index (κ2) is 6.23. The second-order valence-electron chi connectivity index (χ2n) is 6.90. The Kier molecular flexibility index (Phi) is 4.34. The third-order valence-corrected chi connectivity index (χ3v) is 4.96. The van der Waals surface area contributed by atoms with E-state index in [4.69, 9.17) is 4.42 Å². The summed E-state index contributed by atoms with van der Waals surface area (Å²) in [4.78, 5) is 0. The third kappa shape index (κ3) is 3.01. The molecular formula is C19H27NO. The van der Waals surface area contributed by atoms with Crippen molar-refractivity contribution in [3.8, 4) is 0 Å². The number of fused-ring (bicyclic) bond motifs is 1. The lowest BCUT2D eigenvalue weighted by molar-refractivity contribution is 0.177. The van der Waals surface area contributed by atoms with Gasteiger partial charge in [-0.3, -0.25) is 0 Å². The number of nitrogens with one attached hydrogen (secondary N) is 1. The van der Waals surface area contributed by atoms with Crippen LogP contribution in [0.1, 0.15) is 51.6 Å². The highest BCUT2D eigenvalue weighted by molar-refractivity contribution is 5.81. The fourth-order valence-corrected chi connectivity index (χ4v) is 4.27. The van der Waals surface area contributed by atoms with Crippen LogP contribution in [0.4, 0.5) is 0 Å². The molecule has 3 atom stereocenters. The smallest absolute Gasteiger partial charge is 0.134 e. The van der Waals surface area contributed by atoms with Crippen molar-refractivity contribution in [2.75, 3.05) is 6.54 Å². The maximum Gasteiger partial charge on any atom is 0.134 e. The minimum absolute atomic E-state index is 0.420. The van der Waals surface area contributed by atoms with Gasteiger partial charge in [0.05, 0.1) is 6.26 Å². The summed E-state index contributed by atoms with van der Waals surface area (Å²) in [5.41, 5.74) is 2.35. The largest absolute Gasteiger partial charge is 0.464 e. The fourth-order valence-electron chi connectivity index (χ4n) is 4.27. The predicted octanol–water partition coefficient (Wildman–Crippen LogP) is 5.16. The highest BCUT2D eigenvalue weighted by atomic mass is 16.3. The summed E-state index contributed by atoms with van der Waals surface area (Å²) in [7, 11) is 0. The zero-order valence-electron chi connectivity index (χ0n) is 13.4. The van der Waals surface area contributed by atoms with Crippen molar-refractivity contribution >= 4 is 11.0 Å². The van der Waals surface area contributed by atoms with Crippen LogP contribution in [-0.2, 0) is 0 Å². The highest BCUT2D eigenvalue weighted by Gasteiger charge is 2.32. The Balaban J connectivity index is 1.93. The molecule has 0 amide bonds. The Morgan fingerprint density at radius 1 is 1.14 bits per heavy atom. The molecule has 1 heterocycles. The van der Waals surface area contributed by atoms with Gasteiger partial charge in [-0.15, -0.1) is 0 Å². The summed E-state index contributed by atoms with van der Waals surface area (Å²) in [6.45, 7) is 8.01. The van der Waals surface area contributed by atoms with Crippen molar-refractivity contribution in [2.45, 2.75) is 46.1 Å². The minimum Gasteiger partial charge on any atom is -0.464 e. The molecule has 1 aliphatic carbocycles. The lowest BCUT2D eigenvalue weighted by Crippen LogP contribution is -2.33. The first-order chi connectivity index (χ1) is 10.2. The van der Waals surface area contributed by atoms with E-state index in [1.807, 2.05) is 12.3 Å². The predicted molar refractivity (Wildman–Crippen MR) is 88.3 cm³/mol. The van der Waals surface area contributed by atoms with Gasteiger partial charge in [-0.2, -0.15) is 0 Å². The molecule has 0 bridgehead atoms. The quantitative estimate of drug-likeness (QED) is 0.839. The lowest BCUT2D eigenvalue weighted by atomic mass is 9.72. The molecule has 1 N–H and O–H groups in total. The summed E-state index contributed by atoms with van der Waals surface area (Å²) in [5.74, 6) is 2.38. The van der Waals surface area contributed by atoms with Crippen LogP contribution in [0.15, 0.2) is 34.9 Å². The van der Waals surface area contributed by atoms with E-state index in [0.717, 1.165) is 24.0 Å². The molecule has 0 aliphatic heterocycles. The molecule has 0 saturated heterocycles. The van der Waals surface area contributed by atoms with Gasteiger partial charge in [0.25, 0.3) is 0 Å². The number of rotatable bonds is 4. The number of para-hydroxylation sites is 1. The molecule has 1 saturated carbocycles. The standard InChI is InChI=1S/C19H27NO/c1-4-20-19(15-10-13(2)9-14(3)11-15)17-12-21-18-8-6-5-7-16(17)18/h5-8,12-15,19-20H,4,9-11H2,1-3H3. The van der Waals surface area contributed by atoms with Crippen LogP contribution in [0, 0.1) is 17.8 Å². The zero-order chi connectivity index (χ0) is 14.8. The fraction of sp³-hybridized carbons (Fsp3) is 0.579. The molecule has 1 aromatic carbocycles. The summed E-state index contributed by atoms with van der Waals surface area (Å²) in [5, 5.41) is 5.00. The number of furan rings is 1. The van der Waals surface area contributed by atoms with Gasteiger partial charge in [0.1, 0.15) is 5.58 Å². The van der Waals surface area contributed by atoms with E-state index in [2.05, 4.69) is 44.3 Å². The van der Waals surface area contributed by atoms with E-state index in [9.17, 15) is 0 Å². The van der Waals surface area contributed by atoms with Crippen molar-refractivity contribution in [3.63, 3.8) is 0 Å². The van der Waals surface area contributed by atoms with E-state index in [-0.39, 0.29) is 0 Å². The number of hydrogen-bond donors (Lipinski definition) is 1. The van der Waals surface area contributed by atoms with Crippen LogP contribution in [0.3, 0.4) is 0 Å². The molecule has 1 aliphatic rings. The van der Waals surface area contributed by atoms with E-state index in [1.165, 1.54) is 30.2 Å². The average molecular weight is 285 g/mol. The van der Waals surface area contributed by atoms with E-state index < -0.39 is 0 Å². The molecule has 1 fully saturated rings. The molecule has 0 spiro atoms. The van der Waals surface area contributed by atoms with Crippen molar-refractivity contribution in [1.29, 1.82) is 0 Å². The maximum atomic E-state index is 5.78. The monoisotopic (exact) mass is 285 g/mol. The van der Waals surface area contributed by atoms with E-state index >= 15 is 0 Å². The lowest BCUT2D eigenvalue weighted by Gasteiger charge is -2.36. The molecule has 2 nitrogen and oxygen atoms in total. The third-order valence-electron chi connectivity index (χ3n) is 4.96. The van der Waals surface area contributed by atoms with Crippen LogP contribution in [-0.4, -0.2) is 6.54 Å². The van der Waals surface area contributed by atoms with Gasteiger partial charge in [0.2, 0.25) is 0 Å². The van der Waals surface area contributed by atoms with Crippen molar-refractivity contribution in [2.24, 2.45) is 17.8 Å². The highest BCUT2D eigenvalue weighted by Crippen LogP contribution is 2.41. The van der Waals surface area contributed by atoms with E-state index in [0.29, 0.717) is 12.0 Å². The molecule has 3 rings (SSSR count). The molecule has 1 aromatic heterocycles. The minimum atomic E-state index is 0.420. The van der Waals surface area contributed by atoms with Gasteiger partial charge in [-0.25, -0.2) is 0 Å². The molecule has 2 aromatic rings. The summed E-state index contributed by atoms with van der Waals surface area (Å²) < 4.78 is 5.78. The van der Waals surface area contributed by atoms with Gasteiger partial charge in [0, 0.05) is 17.0 Å². The van der Waals surface area contributed by atoms with Crippen molar-refractivity contribution in [1.82, 2.24) is 5.32 Å². The van der Waals surface area contributed by atoms with Crippen molar-refractivity contribution in [3.05, 3.63) is 36.1 Å². The Hall–Kier alpha value is -1.28. The normalized spacial score (nSPS) is 27.9. The van der Waals surface area contributed by atoms with Gasteiger partial charge in [-0.1, -0.05) is 39.0 Å². The molecule has 114 valence electrons. The van der Waals surface area contributed by atoms with Crippen LogP contribution in [0.2, 0.25) is 0 Å². The number of hydrogen-bond acceptors (Lipinski definition) is 2.